The summed E-state index contributed by atoms with van der Waals surface area (Å²) < 4.78 is 0. The molecule has 0 amide bonds. The van der Waals surface area contributed by atoms with Crippen molar-refractivity contribution in [1.29, 1.82) is 0 Å². The van der Waals surface area contributed by atoms with Crippen molar-refractivity contribution in [3.8, 4) is 0 Å². The van der Waals surface area contributed by atoms with Gasteiger partial charge in [0, 0.05) is 6.42 Å². The molecule has 0 aromatic heterocycles. The highest BCUT2D eigenvalue weighted by molar-refractivity contribution is 5.20. The zero-order valence-corrected chi connectivity index (χ0v) is 9.53. The number of hydrogen-bond donors (Lipinski definition) is 2. The molecule has 2 unspecified atom stereocenters. The molecule has 0 heterocycles. The molecule has 2 aromatic rings. The van der Waals surface area contributed by atoms with E-state index < -0.39 is 12.2 Å². The van der Waals surface area contributed by atoms with Crippen LogP contribution >= 0.6 is 0 Å². The van der Waals surface area contributed by atoms with Gasteiger partial charge in [0.15, 0.2) is 0 Å². The van der Waals surface area contributed by atoms with Gasteiger partial charge in [0.25, 0.3) is 0 Å². The molecule has 2 N–H and O–H groups in total. The van der Waals surface area contributed by atoms with E-state index >= 15 is 0 Å². The minimum absolute atomic E-state index is 0.455. The van der Waals surface area contributed by atoms with E-state index in [1.807, 2.05) is 60.7 Å². The Morgan fingerprint density at radius 3 is 1.88 bits per heavy atom. The summed E-state index contributed by atoms with van der Waals surface area (Å²) in [6, 6.07) is 18.9. The number of benzene rings is 2. The largest absolute Gasteiger partial charge is 0.390 e. The maximum atomic E-state index is 10.0. The summed E-state index contributed by atoms with van der Waals surface area (Å²) in [5.74, 6) is 0. The maximum Gasteiger partial charge on any atom is 0.105 e. The number of aliphatic hydroxyl groups is 2. The lowest BCUT2D eigenvalue weighted by molar-refractivity contribution is 0.0190. The summed E-state index contributed by atoms with van der Waals surface area (Å²) in [6.07, 6.45) is -1.16. The standard InChI is InChI=1S/C15H16O2/c16-14(11-12-7-3-1-4-8-12)15(17)13-9-5-2-6-10-13/h1-10,14-17H,11H2. The van der Waals surface area contributed by atoms with Crippen LogP contribution in [-0.4, -0.2) is 16.3 Å². The Morgan fingerprint density at radius 1 is 0.765 bits per heavy atom. The Bertz CT molecular complexity index is 439. The molecule has 0 saturated heterocycles. The van der Waals surface area contributed by atoms with E-state index in [9.17, 15) is 10.2 Å². The van der Waals surface area contributed by atoms with E-state index in [-0.39, 0.29) is 0 Å². The van der Waals surface area contributed by atoms with Gasteiger partial charge in [-0.05, 0) is 11.1 Å². The Kier molecular flexibility index (Phi) is 3.91. The second-order valence-corrected chi connectivity index (χ2v) is 4.11. The van der Waals surface area contributed by atoms with Gasteiger partial charge in [0.05, 0.1) is 6.10 Å². The molecular weight excluding hydrogens is 212 g/mol. The van der Waals surface area contributed by atoms with Crippen molar-refractivity contribution in [2.45, 2.75) is 18.6 Å². The molecule has 0 radical (unpaired) electrons. The van der Waals surface area contributed by atoms with E-state index in [1.54, 1.807) is 0 Å². The molecule has 2 nitrogen and oxygen atoms in total. The van der Waals surface area contributed by atoms with Gasteiger partial charge >= 0.3 is 0 Å². The fraction of sp³-hybridized carbons (Fsp3) is 0.200. The Morgan fingerprint density at radius 2 is 1.29 bits per heavy atom. The topological polar surface area (TPSA) is 40.5 Å². The molecular formula is C15H16O2. The van der Waals surface area contributed by atoms with Gasteiger partial charge < -0.3 is 10.2 Å². The summed E-state index contributed by atoms with van der Waals surface area (Å²) in [7, 11) is 0. The van der Waals surface area contributed by atoms with Crippen LogP contribution in [0.2, 0.25) is 0 Å². The molecule has 2 rings (SSSR count). The lowest BCUT2D eigenvalue weighted by atomic mass is 9.99. The normalized spacial score (nSPS) is 14.2. The summed E-state index contributed by atoms with van der Waals surface area (Å²) in [5, 5.41) is 20.0. The zero-order valence-electron chi connectivity index (χ0n) is 9.53. The minimum Gasteiger partial charge on any atom is -0.390 e. The van der Waals surface area contributed by atoms with Gasteiger partial charge in [-0.1, -0.05) is 60.7 Å². The number of aliphatic hydroxyl groups excluding tert-OH is 2. The molecule has 17 heavy (non-hydrogen) atoms. The Hall–Kier alpha value is -1.64. The average Bonchev–Trinajstić information content (AvgIpc) is 2.40. The second kappa shape index (κ2) is 5.62. The zero-order chi connectivity index (χ0) is 12.1. The van der Waals surface area contributed by atoms with Crippen LogP contribution in [0, 0.1) is 0 Å². The predicted octanol–water partition coefficient (Wildman–Crippen LogP) is 2.32. The lowest BCUT2D eigenvalue weighted by Gasteiger charge is -2.18. The first-order chi connectivity index (χ1) is 8.27. The van der Waals surface area contributed by atoms with Gasteiger partial charge in [-0.3, -0.25) is 0 Å². The monoisotopic (exact) mass is 228 g/mol. The van der Waals surface area contributed by atoms with Gasteiger partial charge in [0.1, 0.15) is 6.10 Å². The van der Waals surface area contributed by atoms with E-state index in [0.29, 0.717) is 6.42 Å². The first kappa shape index (κ1) is 11.8. The molecule has 2 heteroatoms. The highest BCUT2D eigenvalue weighted by atomic mass is 16.3. The molecule has 0 fully saturated rings. The van der Waals surface area contributed by atoms with Gasteiger partial charge in [-0.25, -0.2) is 0 Å². The molecule has 0 bridgehead atoms. The molecule has 2 atom stereocenters. The summed E-state index contributed by atoms with van der Waals surface area (Å²) in [6.45, 7) is 0. The fourth-order valence-corrected chi connectivity index (χ4v) is 1.84. The van der Waals surface area contributed by atoms with Crippen LogP contribution in [0.3, 0.4) is 0 Å². The molecule has 0 aliphatic heterocycles. The smallest absolute Gasteiger partial charge is 0.105 e. The van der Waals surface area contributed by atoms with Crippen molar-refractivity contribution in [1.82, 2.24) is 0 Å². The van der Waals surface area contributed by atoms with Crippen LogP contribution in [0.1, 0.15) is 17.2 Å². The van der Waals surface area contributed by atoms with E-state index in [1.165, 1.54) is 0 Å². The third kappa shape index (κ3) is 3.16. The van der Waals surface area contributed by atoms with E-state index in [2.05, 4.69) is 0 Å². The number of rotatable bonds is 4. The first-order valence-corrected chi connectivity index (χ1v) is 5.72. The van der Waals surface area contributed by atoms with Crippen molar-refractivity contribution in [2.75, 3.05) is 0 Å². The van der Waals surface area contributed by atoms with Gasteiger partial charge in [-0.15, -0.1) is 0 Å². The highest BCUT2D eigenvalue weighted by Crippen LogP contribution is 2.19. The lowest BCUT2D eigenvalue weighted by Crippen LogP contribution is -2.20. The molecule has 0 spiro atoms. The minimum atomic E-state index is -0.837. The first-order valence-electron chi connectivity index (χ1n) is 5.72. The Balaban J connectivity index is 2.03. The fourth-order valence-electron chi connectivity index (χ4n) is 1.84. The van der Waals surface area contributed by atoms with Gasteiger partial charge in [0.2, 0.25) is 0 Å². The van der Waals surface area contributed by atoms with Crippen molar-refractivity contribution < 1.29 is 10.2 Å². The van der Waals surface area contributed by atoms with Crippen molar-refractivity contribution in [3.05, 3.63) is 71.8 Å². The Labute approximate surface area is 101 Å². The third-order valence-electron chi connectivity index (χ3n) is 2.79. The molecule has 0 aliphatic carbocycles. The van der Waals surface area contributed by atoms with Crippen LogP contribution in [0.25, 0.3) is 0 Å². The second-order valence-electron chi connectivity index (χ2n) is 4.11. The van der Waals surface area contributed by atoms with Crippen LogP contribution in [0.5, 0.6) is 0 Å². The number of hydrogen-bond acceptors (Lipinski definition) is 2. The van der Waals surface area contributed by atoms with Gasteiger partial charge in [-0.2, -0.15) is 0 Å². The summed E-state index contributed by atoms with van der Waals surface area (Å²) in [5.41, 5.74) is 1.77. The van der Waals surface area contributed by atoms with Crippen molar-refractivity contribution in [2.24, 2.45) is 0 Å². The van der Waals surface area contributed by atoms with Crippen LogP contribution in [0.4, 0.5) is 0 Å². The molecule has 2 aromatic carbocycles. The molecule has 0 saturated carbocycles. The van der Waals surface area contributed by atoms with Crippen LogP contribution in [0.15, 0.2) is 60.7 Å². The van der Waals surface area contributed by atoms with E-state index in [4.69, 9.17) is 0 Å². The molecule has 88 valence electrons. The van der Waals surface area contributed by atoms with Crippen LogP contribution < -0.4 is 0 Å². The molecule has 0 aliphatic rings. The quantitative estimate of drug-likeness (QED) is 0.843. The third-order valence-corrected chi connectivity index (χ3v) is 2.79. The van der Waals surface area contributed by atoms with Crippen molar-refractivity contribution >= 4 is 0 Å². The predicted molar refractivity (Wildman–Crippen MR) is 67.6 cm³/mol. The van der Waals surface area contributed by atoms with Crippen molar-refractivity contribution in [3.63, 3.8) is 0 Å². The van der Waals surface area contributed by atoms with E-state index in [0.717, 1.165) is 11.1 Å². The maximum absolute atomic E-state index is 10.0. The SMILES string of the molecule is OC(Cc1ccccc1)C(O)c1ccccc1. The summed E-state index contributed by atoms with van der Waals surface area (Å²) >= 11 is 0. The average molecular weight is 228 g/mol. The summed E-state index contributed by atoms with van der Waals surface area (Å²) in [4.78, 5) is 0. The highest BCUT2D eigenvalue weighted by Gasteiger charge is 2.18. The van der Waals surface area contributed by atoms with Crippen LogP contribution in [-0.2, 0) is 6.42 Å².